The van der Waals surface area contributed by atoms with Gasteiger partial charge in [0.2, 0.25) is 0 Å². The molecule has 5 aromatic rings. The molecule has 9 heteroatoms. The Morgan fingerprint density at radius 3 is 2.33 bits per heavy atom. The number of benzene rings is 2. The van der Waals surface area contributed by atoms with Crippen molar-refractivity contribution in [1.82, 2.24) is 14.5 Å². The van der Waals surface area contributed by atoms with Gasteiger partial charge in [-0.2, -0.15) is 0 Å². The van der Waals surface area contributed by atoms with Crippen molar-refractivity contribution >= 4 is 29.0 Å². The normalized spacial score (nSPS) is 10.8. The summed E-state index contributed by atoms with van der Waals surface area (Å²) >= 11 is 0. The van der Waals surface area contributed by atoms with E-state index in [0.717, 1.165) is 11.1 Å². The van der Waals surface area contributed by atoms with Crippen molar-refractivity contribution < 1.29 is 23.6 Å². The van der Waals surface area contributed by atoms with E-state index in [0.29, 0.717) is 41.4 Å². The lowest BCUT2D eigenvalue weighted by molar-refractivity contribution is -0.112. The number of nitrogens with zero attached hydrogens (tertiary/aromatic N) is 3. The highest BCUT2D eigenvalue weighted by atomic mass is 16.6. The molecule has 0 saturated carbocycles. The molecule has 0 radical (unpaired) electrons. The number of ether oxygens (including phenoxy) is 1. The summed E-state index contributed by atoms with van der Waals surface area (Å²) in [6.07, 6.45) is 1.26. The number of aromatic nitrogens is 2. The average Bonchev–Trinajstić information content (AvgIpc) is 3.59. The zero-order chi connectivity index (χ0) is 27.4. The van der Waals surface area contributed by atoms with Gasteiger partial charge in [-0.15, -0.1) is 0 Å². The van der Waals surface area contributed by atoms with E-state index >= 15 is 0 Å². The second kappa shape index (κ2) is 11.1. The van der Waals surface area contributed by atoms with Crippen molar-refractivity contribution in [3.63, 3.8) is 0 Å². The zero-order valence-electron chi connectivity index (χ0n) is 21.5. The van der Waals surface area contributed by atoms with E-state index in [9.17, 15) is 14.4 Å². The minimum atomic E-state index is -0.756. The molecule has 9 nitrogen and oxygen atoms in total. The lowest BCUT2D eigenvalue weighted by atomic mass is 10.0. The Balaban J connectivity index is 1.32. The quantitative estimate of drug-likeness (QED) is 0.200. The molecule has 0 unspecified atom stereocenters. The van der Waals surface area contributed by atoms with Crippen molar-refractivity contribution in [1.29, 1.82) is 0 Å². The number of carbonyl (C=O) groups excluding carboxylic acids is 3. The summed E-state index contributed by atoms with van der Waals surface area (Å²) in [5.74, 6) is -0.968. The summed E-state index contributed by atoms with van der Waals surface area (Å²) in [6, 6.07) is 25.2. The Morgan fingerprint density at radius 1 is 0.897 bits per heavy atom. The number of ketones is 1. The number of pyridine rings is 1. The molecule has 0 fully saturated rings. The maximum Gasteiger partial charge on any atom is 0.416 e. The maximum atomic E-state index is 13.4. The highest BCUT2D eigenvalue weighted by Crippen LogP contribution is 2.29. The number of anilines is 1. The van der Waals surface area contributed by atoms with Crippen LogP contribution in [-0.2, 0) is 4.79 Å². The molecule has 2 amide bonds. The number of amides is 2. The molecule has 0 spiro atoms. The van der Waals surface area contributed by atoms with E-state index in [-0.39, 0.29) is 5.88 Å². The number of hydrogen-bond donors (Lipinski definition) is 1. The maximum absolute atomic E-state index is 13.4. The van der Waals surface area contributed by atoms with E-state index in [1.807, 2.05) is 68.4 Å². The fraction of sp³-hybridized carbons (Fsp3) is 0.133. The number of fused-ring (bicyclic) bond motifs is 1. The molecule has 3 aromatic heterocycles. The third-order valence-corrected chi connectivity index (χ3v) is 6.32. The Bertz CT molecular complexity index is 1630. The molecule has 0 aliphatic carbocycles. The van der Waals surface area contributed by atoms with Gasteiger partial charge in [0.05, 0.1) is 6.07 Å². The van der Waals surface area contributed by atoms with Crippen molar-refractivity contribution in [3.05, 3.63) is 96.8 Å². The first-order valence-electron chi connectivity index (χ1n) is 12.5. The minimum Gasteiger partial charge on any atom is -0.388 e. The third-order valence-electron chi connectivity index (χ3n) is 6.32. The molecule has 1 N–H and O–H groups in total. The highest BCUT2D eigenvalue weighted by molar-refractivity contribution is 6.47. The van der Waals surface area contributed by atoms with Crippen molar-refractivity contribution in [2.45, 2.75) is 13.8 Å². The molecule has 0 bridgehead atoms. The monoisotopic (exact) mass is 522 g/mol. The Morgan fingerprint density at radius 2 is 1.62 bits per heavy atom. The van der Waals surface area contributed by atoms with Gasteiger partial charge in [0.1, 0.15) is 5.69 Å². The van der Waals surface area contributed by atoms with Crippen LogP contribution in [0.15, 0.2) is 95.6 Å². The minimum absolute atomic E-state index is 0.0542. The van der Waals surface area contributed by atoms with Gasteiger partial charge in [-0.25, -0.2) is 4.79 Å². The molecule has 3 heterocycles. The van der Waals surface area contributed by atoms with Gasteiger partial charge >= 0.3 is 6.09 Å². The number of hydrogen-bond acceptors (Lipinski definition) is 6. The van der Waals surface area contributed by atoms with Gasteiger partial charge < -0.3 is 23.9 Å². The van der Waals surface area contributed by atoms with Gasteiger partial charge in [-0.3, -0.25) is 9.59 Å². The molecule has 2 aromatic carbocycles. The fourth-order valence-corrected chi connectivity index (χ4v) is 4.29. The number of Topliss-reactive ketones (excluding diaryl/α,β-unsaturated/α-hetero) is 1. The van der Waals surface area contributed by atoms with Gasteiger partial charge in [0.25, 0.3) is 17.6 Å². The SMILES string of the molecule is CCN(CC)C(=O)Oc1cc(-c2ccc(NC(=O)C(=O)c3c(-c4ccccc4)cc4ccccn34)cc2)on1. The summed E-state index contributed by atoms with van der Waals surface area (Å²) in [5, 5.41) is 6.49. The molecule has 0 saturated heterocycles. The smallest absolute Gasteiger partial charge is 0.388 e. The molecule has 196 valence electrons. The van der Waals surface area contributed by atoms with E-state index in [1.54, 1.807) is 34.9 Å². The number of carbonyl (C=O) groups is 3. The lowest BCUT2D eigenvalue weighted by Crippen LogP contribution is -2.33. The topological polar surface area (TPSA) is 106 Å². The van der Waals surface area contributed by atoms with Crippen LogP contribution in [0.25, 0.3) is 28.0 Å². The largest absolute Gasteiger partial charge is 0.416 e. The van der Waals surface area contributed by atoms with Crippen LogP contribution in [0.1, 0.15) is 24.3 Å². The predicted octanol–water partition coefficient (Wildman–Crippen LogP) is 5.92. The van der Waals surface area contributed by atoms with E-state index in [2.05, 4.69) is 10.5 Å². The molecule has 0 aliphatic rings. The van der Waals surface area contributed by atoms with Gasteiger partial charge in [-0.1, -0.05) is 36.4 Å². The van der Waals surface area contributed by atoms with Crippen molar-refractivity contribution in [3.8, 4) is 28.3 Å². The first-order chi connectivity index (χ1) is 19.0. The van der Waals surface area contributed by atoms with Crippen LogP contribution in [-0.4, -0.2) is 45.3 Å². The van der Waals surface area contributed by atoms with Crippen LogP contribution in [0.2, 0.25) is 0 Å². The highest BCUT2D eigenvalue weighted by Gasteiger charge is 2.25. The standard InChI is InChI=1S/C30H26N4O5/c1-3-33(4-2)30(37)38-26-19-25(39-32-26)21-13-15-22(16-14-21)31-29(36)28(35)27-24(20-10-6-5-7-11-20)18-23-12-8-9-17-34(23)27/h5-19H,3-4H2,1-2H3,(H,31,36). The number of nitrogens with one attached hydrogen (secondary N) is 1. The second-order valence-corrected chi connectivity index (χ2v) is 8.70. The van der Waals surface area contributed by atoms with Crippen LogP contribution in [0, 0.1) is 0 Å². The van der Waals surface area contributed by atoms with Crippen LogP contribution < -0.4 is 10.1 Å². The van der Waals surface area contributed by atoms with E-state index in [4.69, 9.17) is 9.26 Å². The molecular formula is C30H26N4O5. The average molecular weight is 523 g/mol. The summed E-state index contributed by atoms with van der Waals surface area (Å²) in [5.41, 5.74) is 3.72. The Kier molecular flexibility index (Phi) is 7.22. The van der Waals surface area contributed by atoms with E-state index < -0.39 is 17.8 Å². The van der Waals surface area contributed by atoms with Gasteiger partial charge in [-0.05, 0) is 67.0 Å². The number of rotatable bonds is 8. The third kappa shape index (κ3) is 5.28. The summed E-state index contributed by atoms with van der Waals surface area (Å²) < 4.78 is 12.3. The fourth-order valence-electron chi connectivity index (χ4n) is 4.29. The zero-order valence-corrected chi connectivity index (χ0v) is 21.5. The van der Waals surface area contributed by atoms with Crippen LogP contribution in [0.4, 0.5) is 10.5 Å². The Hall–Kier alpha value is -5.18. The molecular weight excluding hydrogens is 496 g/mol. The van der Waals surface area contributed by atoms with Crippen molar-refractivity contribution in [2.24, 2.45) is 0 Å². The first kappa shape index (κ1) is 25.5. The summed E-state index contributed by atoms with van der Waals surface area (Å²) in [7, 11) is 0. The predicted molar refractivity (Wildman–Crippen MR) is 147 cm³/mol. The first-order valence-corrected chi connectivity index (χ1v) is 12.5. The van der Waals surface area contributed by atoms with Gasteiger partial charge in [0, 0.05) is 41.6 Å². The van der Waals surface area contributed by atoms with E-state index in [1.165, 1.54) is 11.0 Å². The summed E-state index contributed by atoms with van der Waals surface area (Å²) in [4.78, 5) is 40.1. The Labute approximate surface area is 224 Å². The van der Waals surface area contributed by atoms with Crippen LogP contribution in [0.3, 0.4) is 0 Å². The molecule has 5 rings (SSSR count). The molecule has 0 atom stereocenters. The van der Waals surface area contributed by atoms with Crippen LogP contribution in [0.5, 0.6) is 5.88 Å². The lowest BCUT2D eigenvalue weighted by Gasteiger charge is -2.16. The van der Waals surface area contributed by atoms with Gasteiger partial charge in [0.15, 0.2) is 5.76 Å². The second-order valence-electron chi connectivity index (χ2n) is 8.70. The van der Waals surface area contributed by atoms with Crippen molar-refractivity contribution in [2.75, 3.05) is 18.4 Å². The summed E-state index contributed by atoms with van der Waals surface area (Å²) in [6.45, 7) is 4.75. The molecule has 39 heavy (non-hydrogen) atoms. The molecule has 0 aliphatic heterocycles. The van der Waals surface area contributed by atoms with Crippen LogP contribution >= 0.6 is 0 Å².